The van der Waals surface area contributed by atoms with E-state index < -0.39 is 0 Å². The summed E-state index contributed by atoms with van der Waals surface area (Å²) in [5, 5.41) is 0. The van der Waals surface area contributed by atoms with Crippen molar-refractivity contribution in [2.45, 2.75) is 97.2 Å². The topological polar surface area (TPSA) is 78.9 Å². The molecule has 4 saturated carbocycles. The second-order valence-electron chi connectivity index (χ2n) is 12.3. The van der Waals surface area contributed by atoms with Gasteiger partial charge in [0, 0.05) is 11.5 Å². The van der Waals surface area contributed by atoms with E-state index in [4.69, 9.17) is 14.2 Å². The molecule has 0 heterocycles. The Labute approximate surface area is 210 Å². The van der Waals surface area contributed by atoms with Gasteiger partial charge in [0.15, 0.2) is 0 Å². The van der Waals surface area contributed by atoms with E-state index >= 15 is 0 Å². The van der Waals surface area contributed by atoms with Crippen LogP contribution in [-0.2, 0) is 28.6 Å². The van der Waals surface area contributed by atoms with Gasteiger partial charge in [0.25, 0.3) is 12.9 Å². The van der Waals surface area contributed by atoms with Gasteiger partial charge in [-0.3, -0.25) is 9.59 Å². The molecule has 0 amide bonds. The lowest BCUT2D eigenvalue weighted by molar-refractivity contribution is -0.190. The maximum Gasteiger partial charge on any atom is 0.330 e. The van der Waals surface area contributed by atoms with E-state index in [-0.39, 0.29) is 29.0 Å². The van der Waals surface area contributed by atoms with Gasteiger partial charge < -0.3 is 14.2 Å². The lowest BCUT2D eigenvalue weighted by Gasteiger charge is -2.62. The Morgan fingerprint density at radius 3 is 2.49 bits per heavy atom. The smallest absolute Gasteiger partial charge is 0.330 e. The maximum atomic E-state index is 11.7. The molecule has 1 unspecified atom stereocenters. The summed E-state index contributed by atoms with van der Waals surface area (Å²) in [4.78, 5) is 34.0. The Balaban J connectivity index is 1.52. The van der Waals surface area contributed by atoms with E-state index in [1.807, 2.05) is 6.08 Å². The third kappa shape index (κ3) is 4.67. The first-order valence-electron chi connectivity index (χ1n) is 13.7. The van der Waals surface area contributed by atoms with E-state index in [2.05, 4.69) is 20.8 Å². The molecule has 0 saturated heterocycles. The molecular weight excluding hydrogens is 444 g/mol. The Kier molecular flexibility index (Phi) is 7.97. The number of hydrogen-bond acceptors (Lipinski definition) is 6. The van der Waals surface area contributed by atoms with Gasteiger partial charge in [-0.25, -0.2) is 4.79 Å². The van der Waals surface area contributed by atoms with Crippen molar-refractivity contribution >= 4 is 18.9 Å². The summed E-state index contributed by atoms with van der Waals surface area (Å²) < 4.78 is 16.0. The average Bonchev–Trinajstić information content (AvgIpc) is 3.21. The fourth-order valence-electron chi connectivity index (χ4n) is 9.40. The summed E-state index contributed by atoms with van der Waals surface area (Å²) in [7, 11) is 1.40. The first-order chi connectivity index (χ1) is 16.8. The minimum atomic E-state index is -0.306. The third-order valence-electron chi connectivity index (χ3n) is 11.2. The normalized spacial score (nSPS) is 43.4. The number of allylic oxidation sites excluding steroid dienone is 1. The van der Waals surface area contributed by atoms with Gasteiger partial charge in [0.1, 0.15) is 12.2 Å². The van der Waals surface area contributed by atoms with Crippen LogP contribution in [0.2, 0.25) is 0 Å². The van der Waals surface area contributed by atoms with Crippen LogP contribution in [-0.4, -0.2) is 38.2 Å². The molecular formula is C29H44O6. The molecule has 196 valence electrons. The second-order valence-corrected chi connectivity index (χ2v) is 12.3. The first-order valence-corrected chi connectivity index (χ1v) is 13.7. The predicted molar refractivity (Wildman–Crippen MR) is 132 cm³/mol. The molecule has 4 aliphatic carbocycles. The number of esters is 1. The van der Waals surface area contributed by atoms with E-state index in [9.17, 15) is 14.4 Å². The maximum absolute atomic E-state index is 11.7. The van der Waals surface area contributed by atoms with Crippen LogP contribution in [0.15, 0.2) is 12.2 Å². The van der Waals surface area contributed by atoms with E-state index in [0.29, 0.717) is 48.5 Å². The highest BCUT2D eigenvalue weighted by atomic mass is 16.5. The molecule has 0 aromatic heterocycles. The van der Waals surface area contributed by atoms with Gasteiger partial charge in [-0.1, -0.05) is 26.8 Å². The second kappa shape index (κ2) is 10.6. The summed E-state index contributed by atoms with van der Waals surface area (Å²) in [5.41, 5.74) is 0.217. The average molecular weight is 489 g/mol. The van der Waals surface area contributed by atoms with Crippen molar-refractivity contribution in [3.63, 3.8) is 0 Å². The molecule has 0 spiro atoms. The zero-order valence-corrected chi connectivity index (χ0v) is 21.9. The van der Waals surface area contributed by atoms with Gasteiger partial charge in [-0.15, -0.1) is 0 Å². The van der Waals surface area contributed by atoms with Crippen molar-refractivity contribution in [1.82, 2.24) is 0 Å². The molecule has 0 radical (unpaired) electrons. The monoisotopic (exact) mass is 488 g/mol. The Bertz CT molecular complexity index is 809. The molecule has 0 aliphatic heterocycles. The lowest BCUT2D eigenvalue weighted by atomic mass is 9.43. The molecule has 10 atom stereocenters. The highest BCUT2D eigenvalue weighted by Crippen LogP contribution is 2.68. The minimum absolute atomic E-state index is 0.00537. The zero-order chi connectivity index (χ0) is 25.2. The molecule has 4 rings (SSSR count). The van der Waals surface area contributed by atoms with Crippen molar-refractivity contribution in [1.29, 1.82) is 0 Å². The molecule has 0 aromatic rings. The van der Waals surface area contributed by atoms with Crippen LogP contribution in [0, 0.1) is 46.3 Å². The Hall–Kier alpha value is -1.85. The van der Waals surface area contributed by atoms with Crippen LogP contribution in [0.3, 0.4) is 0 Å². The van der Waals surface area contributed by atoms with Crippen molar-refractivity contribution in [3.8, 4) is 0 Å². The molecule has 0 bridgehead atoms. The number of fused-ring (bicyclic) bond motifs is 5. The van der Waals surface area contributed by atoms with E-state index in [0.717, 1.165) is 38.5 Å². The summed E-state index contributed by atoms with van der Waals surface area (Å²) in [6, 6.07) is 0. The standard InChI is InChI=1S/C29H44O6/c1-19(7-5-6-8-27(32)33-4)23-11-12-24-22-10-9-20-15-21(34-17-30)13-14-28(20,2)25(22)16-26(35-18-31)29(23,24)3/h6,8,17-26H,5,7,9-16H2,1-4H3/b8-6+/t19?,20-,21-,22+,23-,24+,25+,26+,28+,29-/m1/s1. The Morgan fingerprint density at radius 1 is 1.00 bits per heavy atom. The van der Waals surface area contributed by atoms with Crippen molar-refractivity contribution in [3.05, 3.63) is 12.2 Å². The molecule has 6 nitrogen and oxygen atoms in total. The molecule has 4 fully saturated rings. The first kappa shape index (κ1) is 26.2. The highest BCUT2D eigenvalue weighted by molar-refractivity contribution is 5.81. The number of carbonyl (C=O) groups is 3. The minimum Gasteiger partial charge on any atom is -0.466 e. The Morgan fingerprint density at radius 2 is 1.77 bits per heavy atom. The molecule has 35 heavy (non-hydrogen) atoms. The summed E-state index contributed by atoms with van der Waals surface area (Å²) in [6.07, 6.45) is 14.1. The van der Waals surface area contributed by atoms with E-state index in [1.165, 1.54) is 38.9 Å². The summed E-state index contributed by atoms with van der Waals surface area (Å²) >= 11 is 0. The van der Waals surface area contributed by atoms with Crippen LogP contribution >= 0.6 is 0 Å². The van der Waals surface area contributed by atoms with Crippen molar-refractivity contribution in [2.24, 2.45) is 46.3 Å². The van der Waals surface area contributed by atoms with Crippen LogP contribution in [0.1, 0.15) is 85.0 Å². The zero-order valence-electron chi connectivity index (χ0n) is 21.9. The van der Waals surface area contributed by atoms with Gasteiger partial charge in [-0.05, 0) is 105 Å². The SMILES string of the molecule is COC(=O)/C=C/CCC(C)[C@H]1CC[C@H]2[C@@H]3CC[C@@H]4C[C@H](OC=O)CC[C@]4(C)[C@H]3C[C@H](OC=O)[C@]12C. The third-order valence-corrected chi connectivity index (χ3v) is 11.2. The highest BCUT2D eigenvalue weighted by Gasteiger charge is 2.64. The number of rotatable bonds is 9. The molecule has 6 heteroatoms. The summed E-state index contributed by atoms with van der Waals surface area (Å²) in [6.45, 7) is 8.51. The number of hydrogen-bond donors (Lipinski definition) is 0. The van der Waals surface area contributed by atoms with Gasteiger partial charge in [0.2, 0.25) is 0 Å². The van der Waals surface area contributed by atoms with Crippen LogP contribution in [0.25, 0.3) is 0 Å². The van der Waals surface area contributed by atoms with Gasteiger partial charge in [0.05, 0.1) is 7.11 Å². The fraction of sp³-hybridized carbons (Fsp3) is 0.828. The van der Waals surface area contributed by atoms with E-state index in [1.54, 1.807) is 0 Å². The number of ether oxygens (including phenoxy) is 3. The largest absolute Gasteiger partial charge is 0.466 e. The van der Waals surface area contributed by atoms with Crippen molar-refractivity contribution in [2.75, 3.05) is 7.11 Å². The molecule has 0 aromatic carbocycles. The quantitative estimate of drug-likeness (QED) is 0.185. The van der Waals surface area contributed by atoms with Gasteiger partial charge >= 0.3 is 5.97 Å². The van der Waals surface area contributed by atoms with Gasteiger partial charge in [-0.2, -0.15) is 0 Å². The molecule has 4 aliphatic rings. The number of methoxy groups -OCH3 is 1. The predicted octanol–water partition coefficient (Wildman–Crippen LogP) is 5.48. The van der Waals surface area contributed by atoms with Crippen molar-refractivity contribution < 1.29 is 28.6 Å². The lowest BCUT2D eigenvalue weighted by Crippen LogP contribution is -2.59. The van der Waals surface area contributed by atoms with Crippen LogP contribution in [0.5, 0.6) is 0 Å². The summed E-state index contributed by atoms with van der Waals surface area (Å²) in [5.74, 6) is 3.06. The fourth-order valence-corrected chi connectivity index (χ4v) is 9.40. The van der Waals surface area contributed by atoms with Crippen LogP contribution in [0.4, 0.5) is 0 Å². The number of carbonyl (C=O) groups excluding carboxylic acids is 3. The molecule has 0 N–H and O–H groups in total. The van der Waals surface area contributed by atoms with Crippen LogP contribution < -0.4 is 0 Å².